The van der Waals surface area contributed by atoms with Crippen LogP contribution in [0.25, 0.3) is 0 Å². The number of carboxylic acid groups (broad SMARTS) is 1. The fourth-order valence-corrected chi connectivity index (χ4v) is 4.28. The second-order valence-corrected chi connectivity index (χ2v) is 7.46. The summed E-state index contributed by atoms with van der Waals surface area (Å²) in [5.74, 6) is -2.13. The summed E-state index contributed by atoms with van der Waals surface area (Å²) in [5, 5.41) is 12.0. The van der Waals surface area contributed by atoms with E-state index in [1.807, 2.05) is 6.92 Å². The fourth-order valence-electron chi connectivity index (χ4n) is 4.28. The molecule has 8 nitrogen and oxygen atoms in total. The van der Waals surface area contributed by atoms with Crippen LogP contribution in [-0.2, 0) is 14.4 Å². The van der Waals surface area contributed by atoms with E-state index in [9.17, 15) is 19.2 Å². The van der Waals surface area contributed by atoms with E-state index in [1.165, 1.54) is 4.90 Å². The number of carbonyl (C=O) groups is 4. The van der Waals surface area contributed by atoms with Gasteiger partial charge in [0.1, 0.15) is 12.1 Å². The number of imide groups is 1. The Morgan fingerprint density at radius 1 is 1.24 bits per heavy atom. The second kappa shape index (κ2) is 6.65. The second-order valence-electron chi connectivity index (χ2n) is 7.46. The first-order valence-electron chi connectivity index (χ1n) is 9.00. The maximum absolute atomic E-state index is 12.9. The van der Waals surface area contributed by atoms with Crippen LogP contribution >= 0.6 is 0 Å². The van der Waals surface area contributed by atoms with Crippen LogP contribution in [0, 0.1) is 11.8 Å². The Bertz CT molecular complexity index is 607. The highest BCUT2D eigenvalue weighted by Crippen LogP contribution is 2.38. The smallest absolute Gasteiger partial charge is 0.325 e. The van der Waals surface area contributed by atoms with Crippen molar-refractivity contribution in [3.63, 3.8) is 0 Å². The zero-order chi connectivity index (χ0) is 18.2. The van der Waals surface area contributed by atoms with Crippen LogP contribution in [0.1, 0.15) is 45.4 Å². The van der Waals surface area contributed by atoms with Crippen LogP contribution in [0.15, 0.2) is 0 Å². The van der Waals surface area contributed by atoms with Crippen molar-refractivity contribution in [2.75, 3.05) is 19.6 Å². The highest BCUT2D eigenvalue weighted by molar-refractivity contribution is 6.09. The maximum atomic E-state index is 12.9. The molecule has 0 aromatic heterocycles. The molecule has 0 aromatic carbocycles. The Morgan fingerprint density at radius 2 is 2.00 bits per heavy atom. The summed E-state index contributed by atoms with van der Waals surface area (Å²) < 4.78 is 0. The van der Waals surface area contributed by atoms with E-state index in [0.717, 1.165) is 24.2 Å². The van der Waals surface area contributed by atoms with E-state index in [-0.39, 0.29) is 30.8 Å². The number of amides is 4. The summed E-state index contributed by atoms with van der Waals surface area (Å²) in [6, 6.07) is -0.515. The molecule has 25 heavy (non-hydrogen) atoms. The molecule has 3 atom stereocenters. The van der Waals surface area contributed by atoms with Crippen LogP contribution in [0.5, 0.6) is 0 Å². The van der Waals surface area contributed by atoms with Gasteiger partial charge in [0.05, 0.1) is 5.92 Å². The van der Waals surface area contributed by atoms with Crippen LogP contribution in [0.4, 0.5) is 4.79 Å². The number of piperidine rings is 1. The average molecular weight is 351 g/mol. The first-order chi connectivity index (χ1) is 11.8. The molecule has 2 saturated heterocycles. The third kappa shape index (κ3) is 3.09. The Hall–Kier alpha value is -2.12. The summed E-state index contributed by atoms with van der Waals surface area (Å²) in [6.45, 7) is 2.25. The number of hydrogen-bond donors (Lipinski definition) is 2. The molecule has 8 heteroatoms. The predicted molar refractivity (Wildman–Crippen MR) is 87.5 cm³/mol. The lowest BCUT2D eigenvalue weighted by molar-refractivity contribution is -0.147. The van der Waals surface area contributed by atoms with E-state index < -0.39 is 23.5 Å². The van der Waals surface area contributed by atoms with E-state index >= 15 is 0 Å². The van der Waals surface area contributed by atoms with Crippen LogP contribution in [0.2, 0.25) is 0 Å². The van der Waals surface area contributed by atoms with Gasteiger partial charge in [-0.2, -0.15) is 0 Å². The number of nitrogens with one attached hydrogen (secondary N) is 1. The third-order valence-electron chi connectivity index (χ3n) is 5.92. The molecule has 0 bridgehead atoms. The molecule has 3 unspecified atom stereocenters. The number of aliphatic carboxylic acids is 1. The van der Waals surface area contributed by atoms with Crippen molar-refractivity contribution < 1.29 is 24.3 Å². The molecule has 2 aliphatic heterocycles. The van der Waals surface area contributed by atoms with Gasteiger partial charge in [0, 0.05) is 13.1 Å². The molecule has 2 heterocycles. The molecule has 3 aliphatic rings. The van der Waals surface area contributed by atoms with Gasteiger partial charge in [-0.05, 0) is 31.6 Å². The molecule has 2 N–H and O–H groups in total. The number of rotatable bonds is 3. The quantitative estimate of drug-likeness (QED) is 0.732. The number of hydrogen-bond acceptors (Lipinski definition) is 4. The fraction of sp³-hybridized carbons (Fsp3) is 0.765. The molecule has 3 fully saturated rings. The minimum Gasteiger partial charge on any atom is -0.481 e. The molecule has 138 valence electrons. The van der Waals surface area contributed by atoms with Gasteiger partial charge in [-0.1, -0.05) is 19.8 Å². The highest BCUT2D eigenvalue weighted by atomic mass is 16.4. The van der Waals surface area contributed by atoms with Gasteiger partial charge < -0.3 is 15.3 Å². The van der Waals surface area contributed by atoms with Crippen molar-refractivity contribution in [3.05, 3.63) is 0 Å². The van der Waals surface area contributed by atoms with Crippen LogP contribution in [-0.4, -0.2) is 63.9 Å². The highest BCUT2D eigenvalue weighted by Gasteiger charge is 2.55. The standard InChI is InChI=1S/C17H25N3O5/c1-11-5-2-3-7-17(11)15(24)20(16(25)18-17)10-13(21)19-8-4-6-12(9-19)14(22)23/h11-12H,2-10H2,1H3,(H,18,25)(H,22,23). The molecule has 1 saturated carbocycles. The summed E-state index contributed by atoms with van der Waals surface area (Å²) in [6.07, 6.45) is 4.56. The van der Waals surface area contributed by atoms with Crippen molar-refractivity contribution in [1.82, 2.24) is 15.1 Å². The van der Waals surface area contributed by atoms with E-state index in [2.05, 4.69) is 5.32 Å². The summed E-state index contributed by atoms with van der Waals surface area (Å²) in [7, 11) is 0. The van der Waals surface area contributed by atoms with Gasteiger partial charge in [0.25, 0.3) is 5.91 Å². The lowest BCUT2D eigenvalue weighted by Gasteiger charge is -2.37. The molecular weight excluding hydrogens is 326 g/mol. The Balaban J connectivity index is 1.68. The number of nitrogens with zero attached hydrogens (tertiary/aromatic N) is 2. The minimum atomic E-state index is -0.914. The normalized spacial score (nSPS) is 32.8. The zero-order valence-corrected chi connectivity index (χ0v) is 14.5. The van der Waals surface area contributed by atoms with Gasteiger partial charge in [-0.3, -0.25) is 19.3 Å². The minimum absolute atomic E-state index is 0.0455. The monoisotopic (exact) mass is 351 g/mol. The van der Waals surface area contributed by atoms with Crippen molar-refractivity contribution in [3.8, 4) is 0 Å². The molecule has 0 aromatic rings. The number of likely N-dealkylation sites (tertiary alicyclic amines) is 1. The molecule has 0 radical (unpaired) electrons. The SMILES string of the molecule is CC1CCCCC12NC(=O)N(CC(=O)N1CCCC(C(=O)O)C1)C2=O. The first kappa shape index (κ1) is 17.7. The Labute approximate surface area is 146 Å². The molecule has 4 amide bonds. The van der Waals surface area contributed by atoms with E-state index in [4.69, 9.17) is 5.11 Å². The molecule has 3 rings (SSSR count). The maximum Gasteiger partial charge on any atom is 0.325 e. The van der Waals surface area contributed by atoms with Crippen molar-refractivity contribution in [2.24, 2.45) is 11.8 Å². The molecule has 1 aliphatic carbocycles. The number of carbonyl (C=O) groups excluding carboxylic acids is 3. The van der Waals surface area contributed by atoms with Crippen LogP contribution in [0.3, 0.4) is 0 Å². The van der Waals surface area contributed by atoms with Gasteiger partial charge in [-0.25, -0.2) is 4.79 Å². The number of urea groups is 1. The topological polar surface area (TPSA) is 107 Å². The summed E-state index contributed by atoms with van der Waals surface area (Å²) >= 11 is 0. The largest absolute Gasteiger partial charge is 0.481 e. The summed E-state index contributed by atoms with van der Waals surface area (Å²) in [5.41, 5.74) is -0.874. The van der Waals surface area contributed by atoms with E-state index in [1.54, 1.807) is 0 Å². The first-order valence-corrected chi connectivity index (χ1v) is 9.00. The van der Waals surface area contributed by atoms with Crippen molar-refractivity contribution >= 4 is 23.8 Å². The lowest BCUT2D eigenvalue weighted by Crippen LogP contribution is -2.54. The van der Waals surface area contributed by atoms with Crippen molar-refractivity contribution in [1.29, 1.82) is 0 Å². The van der Waals surface area contributed by atoms with Crippen LogP contribution < -0.4 is 5.32 Å². The molecular formula is C17H25N3O5. The number of carboxylic acids is 1. The van der Waals surface area contributed by atoms with Gasteiger partial charge >= 0.3 is 12.0 Å². The summed E-state index contributed by atoms with van der Waals surface area (Å²) in [4.78, 5) is 51.3. The van der Waals surface area contributed by atoms with Gasteiger partial charge in [0.2, 0.25) is 5.91 Å². The third-order valence-corrected chi connectivity index (χ3v) is 5.92. The predicted octanol–water partition coefficient (Wildman–Crippen LogP) is 0.810. The lowest BCUT2D eigenvalue weighted by atomic mass is 9.73. The van der Waals surface area contributed by atoms with E-state index in [0.29, 0.717) is 25.8 Å². The van der Waals surface area contributed by atoms with Gasteiger partial charge in [0.15, 0.2) is 0 Å². The zero-order valence-electron chi connectivity index (χ0n) is 14.5. The average Bonchev–Trinajstić information content (AvgIpc) is 2.82. The Morgan fingerprint density at radius 3 is 2.68 bits per heavy atom. The van der Waals surface area contributed by atoms with Gasteiger partial charge in [-0.15, -0.1) is 0 Å². The van der Waals surface area contributed by atoms with Crippen molar-refractivity contribution in [2.45, 2.75) is 51.0 Å². The Kier molecular flexibility index (Phi) is 4.71. The molecule has 1 spiro atoms.